The fourth-order valence-corrected chi connectivity index (χ4v) is 3.53. The second-order valence-electron chi connectivity index (χ2n) is 5.86. The monoisotopic (exact) mass is 344 g/mol. The largest absolute Gasteiger partial charge is 0.336 e. The third kappa shape index (κ3) is 3.31. The Kier molecular flexibility index (Phi) is 4.89. The van der Waals surface area contributed by atoms with E-state index in [1.807, 2.05) is 22.9 Å². The van der Waals surface area contributed by atoms with Crippen molar-refractivity contribution in [3.05, 3.63) is 42.2 Å². The van der Waals surface area contributed by atoms with Gasteiger partial charge >= 0.3 is 6.03 Å². The topological polar surface area (TPSA) is 67.2 Å². The highest BCUT2D eigenvalue weighted by Crippen LogP contribution is 2.27. The number of para-hydroxylation sites is 1. The summed E-state index contributed by atoms with van der Waals surface area (Å²) in [4.78, 5) is 29.3. The van der Waals surface area contributed by atoms with Crippen LogP contribution in [0.15, 0.2) is 41.8 Å². The van der Waals surface area contributed by atoms with E-state index in [1.54, 1.807) is 6.20 Å². The summed E-state index contributed by atoms with van der Waals surface area (Å²) in [5.41, 5.74) is 2.29. The van der Waals surface area contributed by atoms with Crippen LogP contribution in [0.1, 0.15) is 25.3 Å². The van der Waals surface area contributed by atoms with E-state index in [-0.39, 0.29) is 17.7 Å². The van der Waals surface area contributed by atoms with Gasteiger partial charge in [-0.1, -0.05) is 43.8 Å². The van der Waals surface area contributed by atoms with Crippen molar-refractivity contribution >= 4 is 23.7 Å². The standard InChI is InChI=1S/C17H20N4O2S/c1-12(2)13-5-3-4-6-14(13)20-9-8-19-17(20)24-11-15(22)21-10-7-18-16(21)23/h3-6,8-9,12H,7,10-11H2,1-2H3,(H,18,23). The number of carbonyl (C=O) groups is 2. The molecular weight excluding hydrogens is 324 g/mol. The molecule has 1 aromatic carbocycles. The van der Waals surface area contributed by atoms with Gasteiger partial charge in [0.15, 0.2) is 5.16 Å². The first-order valence-electron chi connectivity index (χ1n) is 7.91. The van der Waals surface area contributed by atoms with Gasteiger partial charge < -0.3 is 5.32 Å². The van der Waals surface area contributed by atoms with E-state index in [4.69, 9.17) is 0 Å². The van der Waals surface area contributed by atoms with Crippen molar-refractivity contribution in [2.75, 3.05) is 18.8 Å². The van der Waals surface area contributed by atoms with E-state index in [1.165, 1.54) is 22.2 Å². The Morgan fingerprint density at radius 2 is 2.17 bits per heavy atom. The number of nitrogens with zero attached hydrogens (tertiary/aromatic N) is 3. The molecule has 0 spiro atoms. The van der Waals surface area contributed by atoms with Gasteiger partial charge in [-0.25, -0.2) is 9.78 Å². The van der Waals surface area contributed by atoms with Gasteiger partial charge in [0.05, 0.1) is 11.4 Å². The van der Waals surface area contributed by atoms with Crippen LogP contribution in [0, 0.1) is 0 Å². The molecule has 1 saturated heterocycles. The fraction of sp³-hybridized carbons (Fsp3) is 0.353. The minimum Gasteiger partial charge on any atom is -0.336 e. The number of imide groups is 1. The number of amides is 3. The maximum absolute atomic E-state index is 12.2. The molecule has 24 heavy (non-hydrogen) atoms. The first-order valence-corrected chi connectivity index (χ1v) is 8.90. The molecule has 2 aromatic rings. The number of carbonyl (C=O) groups excluding carboxylic acids is 2. The highest BCUT2D eigenvalue weighted by Gasteiger charge is 2.26. The zero-order valence-corrected chi connectivity index (χ0v) is 14.5. The van der Waals surface area contributed by atoms with Crippen molar-refractivity contribution in [1.82, 2.24) is 19.8 Å². The lowest BCUT2D eigenvalue weighted by Gasteiger charge is -2.16. The summed E-state index contributed by atoms with van der Waals surface area (Å²) in [6, 6.07) is 7.87. The van der Waals surface area contributed by atoms with Crippen LogP contribution in [0.5, 0.6) is 0 Å². The first-order chi connectivity index (χ1) is 11.6. The van der Waals surface area contributed by atoms with E-state index in [0.717, 1.165) is 10.8 Å². The van der Waals surface area contributed by atoms with E-state index in [2.05, 4.69) is 36.3 Å². The zero-order chi connectivity index (χ0) is 17.1. The Morgan fingerprint density at radius 1 is 1.38 bits per heavy atom. The van der Waals surface area contributed by atoms with Crippen LogP contribution in [0.3, 0.4) is 0 Å². The van der Waals surface area contributed by atoms with Crippen LogP contribution < -0.4 is 5.32 Å². The van der Waals surface area contributed by atoms with Gasteiger partial charge in [-0.05, 0) is 17.5 Å². The summed E-state index contributed by atoms with van der Waals surface area (Å²) >= 11 is 1.35. The van der Waals surface area contributed by atoms with Crippen molar-refractivity contribution < 1.29 is 9.59 Å². The zero-order valence-electron chi connectivity index (χ0n) is 13.7. The molecule has 126 valence electrons. The minimum absolute atomic E-state index is 0.189. The molecule has 0 aliphatic carbocycles. The minimum atomic E-state index is -0.311. The lowest BCUT2D eigenvalue weighted by molar-refractivity contribution is -0.124. The smallest absolute Gasteiger partial charge is 0.324 e. The number of thioether (sulfide) groups is 1. The summed E-state index contributed by atoms with van der Waals surface area (Å²) in [7, 11) is 0. The third-order valence-corrected chi connectivity index (χ3v) is 4.86. The van der Waals surface area contributed by atoms with Crippen molar-refractivity contribution in [2.45, 2.75) is 24.9 Å². The van der Waals surface area contributed by atoms with Crippen molar-refractivity contribution in [1.29, 1.82) is 0 Å². The Balaban J connectivity index is 1.77. The predicted octanol–water partition coefficient (Wildman–Crippen LogP) is 2.64. The average molecular weight is 344 g/mol. The number of rotatable bonds is 5. The van der Waals surface area contributed by atoms with Crippen LogP contribution in [-0.4, -0.2) is 45.2 Å². The molecule has 1 fully saturated rings. The molecule has 0 unspecified atom stereocenters. The van der Waals surface area contributed by atoms with E-state index in [9.17, 15) is 9.59 Å². The van der Waals surface area contributed by atoms with E-state index in [0.29, 0.717) is 19.0 Å². The average Bonchev–Trinajstić information content (AvgIpc) is 3.21. The van der Waals surface area contributed by atoms with Crippen LogP contribution in [0.2, 0.25) is 0 Å². The molecule has 1 N–H and O–H groups in total. The summed E-state index contributed by atoms with van der Waals surface area (Å²) in [6.07, 6.45) is 3.63. The number of aromatic nitrogens is 2. The number of urea groups is 1. The second-order valence-corrected chi connectivity index (χ2v) is 6.80. The van der Waals surface area contributed by atoms with Crippen LogP contribution in [0.4, 0.5) is 4.79 Å². The molecule has 3 amide bonds. The molecule has 6 nitrogen and oxygen atoms in total. The van der Waals surface area contributed by atoms with Gasteiger partial charge in [-0.2, -0.15) is 0 Å². The van der Waals surface area contributed by atoms with Crippen LogP contribution >= 0.6 is 11.8 Å². The number of nitrogens with one attached hydrogen (secondary N) is 1. The predicted molar refractivity (Wildman–Crippen MR) is 93.5 cm³/mol. The molecule has 3 rings (SSSR count). The lowest BCUT2D eigenvalue weighted by atomic mass is 10.0. The van der Waals surface area contributed by atoms with Gasteiger partial charge in [0.2, 0.25) is 5.91 Å². The van der Waals surface area contributed by atoms with Gasteiger partial charge in [-0.15, -0.1) is 0 Å². The molecule has 2 heterocycles. The van der Waals surface area contributed by atoms with Gasteiger partial charge in [0, 0.05) is 25.5 Å². The Labute approximate surface area is 145 Å². The van der Waals surface area contributed by atoms with Crippen molar-refractivity contribution in [3.8, 4) is 5.69 Å². The summed E-state index contributed by atoms with van der Waals surface area (Å²) in [5, 5.41) is 3.38. The number of hydrogen-bond donors (Lipinski definition) is 1. The van der Waals surface area contributed by atoms with Crippen molar-refractivity contribution in [2.24, 2.45) is 0 Å². The maximum Gasteiger partial charge on any atom is 0.324 e. The quantitative estimate of drug-likeness (QED) is 0.847. The molecule has 0 saturated carbocycles. The normalized spacial score (nSPS) is 14.3. The van der Waals surface area contributed by atoms with Crippen LogP contribution in [-0.2, 0) is 4.79 Å². The fourth-order valence-electron chi connectivity index (χ4n) is 2.69. The molecule has 0 bridgehead atoms. The van der Waals surface area contributed by atoms with Crippen molar-refractivity contribution in [3.63, 3.8) is 0 Å². The summed E-state index contributed by atoms with van der Waals surface area (Å²) < 4.78 is 2.00. The Bertz CT molecular complexity index is 757. The summed E-state index contributed by atoms with van der Waals surface area (Å²) in [5.74, 6) is 0.381. The third-order valence-electron chi connectivity index (χ3n) is 3.91. The molecule has 1 aliphatic rings. The number of hydrogen-bond acceptors (Lipinski definition) is 4. The van der Waals surface area contributed by atoms with Gasteiger partial charge in [-0.3, -0.25) is 14.3 Å². The molecule has 1 aliphatic heterocycles. The molecule has 0 atom stereocenters. The van der Waals surface area contributed by atoms with Gasteiger partial charge in [0.25, 0.3) is 0 Å². The SMILES string of the molecule is CC(C)c1ccccc1-n1ccnc1SCC(=O)N1CCNC1=O. The molecule has 7 heteroatoms. The number of benzene rings is 1. The highest BCUT2D eigenvalue weighted by molar-refractivity contribution is 7.99. The molecule has 1 aromatic heterocycles. The Hall–Kier alpha value is -2.28. The molecular formula is C17H20N4O2S. The van der Waals surface area contributed by atoms with Gasteiger partial charge in [0.1, 0.15) is 0 Å². The lowest BCUT2D eigenvalue weighted by Crippen LogP contribution is -2.35. The van der Waals surface area contributed by atoms with E-state index >= 15 is 0 Å². The maximum atomic E-state index is 12.2. The Morgan fingerprint density at radius 3 is 2.88 bits per heavy atom. The van der Waals surface area contributed by atoms with E-state index < -0.39 is 0 Å². The summed E-state index contributed by atoms with van der Waals surface area (Å²) in [6.45, 7) is 5.25. The molecule has 0 radical (unpaired) electrons. The number of imidazole rings is 1. The van der Waals surface area contributed by atoms with Crippen LogP contribution in [0.25, 0.3) is 5.69 Å². The highest BCUT2D eigenvalue weighted by atomic mass is 32.2. The second kappa shape index (κ2) is 7.09. The first kappa shape index (κ1) is 16.6.